The number of aliphatic hydroxyl groups excluding tert-OH is 2. The van der Waals surface area contributed by atoms with Crippen LogP contribution in [0.25, 0.3) is 0 Å². The number of ketones is 3. The molecule has 1 aromatic carbocycles. The third-order valence-electron chi connectivity index (χ3n) is 9.91. The van der Waals surface area contributed by atoms with Gasteiger partial charge in [-0.1, -0.05) is 41.5 Å². The topological polar surface area (TPSA) is 175 Å². The van der Waals surface area contributed by atoms with Crippen molar-refractivity contribution in [2.45, 2.75) is 85.0 Å². The number of phenolic OH excluding ortho intramolecular Hbond substituents is 1. The van der Waals surface area contributed by atoms with Crippen molar-refractivity contribution in [2.75, 3.05) is 0 Å². The average molecular weight is 544 g/mol. The lowest BCUT2D eigenvalue weighted by Crippen LogP contribution is -2.79. The molecule has 6 N–H and O–H groups in total. The van der Waals surface area contributed by atoms with Crippen molar-refractivity contribution in [1.29, 1.82) is 0 Å². The zero-order chi connectivity index (χ0) is 29.4. The number of amides is 1. The molecule has 0 spiro atoms. The summed E-state index contributed by atoms with van der Waals surface area (Å²) in [7, 11) is 0. The maximum atomic E-state index is 14.1. The summed E-state index contributed by atoms with van der Waals surface area (Å²) in [5.41, 5.74) is 1.10. The van der Waals surface area contributed by atoms with E-state index in [2.05, 4.69) is 0 Å². The van der Waals surface area contributed by atoms with Crippen LogP contribution in [0.4, 0.5) is 0 Å². The Hall–Kier alpha value is -2.62. The molecule has 1 amide bonds. The fraction of sp³-hybridized carbons (Fsp3) is 0.667. The number of carbonyl (C=O) groups excluding carboxylic acids is 4. The van der Waals surface area contributed by atoms with Crippen molar-refractivity contribution in [1.82, 2.24) is 0 Å². The predicted molar refractivity (Wildman–Crippen MR) is 142 cm³/mol. The zero-order valence-corrected chi connectivity index (χ0v) is 23.5. The number of aliphatic hydroxyl groups is 3. The predicted octanol–water partition coefficient (Wildman–Crippen LogP) is 2.19. The smallest absolute Gasteiger partial charge is 0.230 e. The van der Waals surface area contributed by atoms with Crippen LogP contribution < -0.4 is 5.73 Å². The molecule has 8 atom stereocenters. The van der Waals surface area contributed by atoms with E-state index in [1.54, 1.807) is 27.7 Å². The molecule has 39 heavy (non-hydrogen) atoms. The number of hydrogen-bond acceptors (Lipinski definition) is 8. The number of rotatable bonds is 6. The van der Waals surface area contributed by atoms with E-state index in [4.69, 9.17) is 5.73 Å². The molecule has 9 heteroatoms. The minimum atomic E-state index is -2.56. The first-order chi connectivity index (χ1) is 17.9. The van der Waals surface area contributed by atoms with E-state index in [0.29, 0.717) is 23.5 Å². The Kier molecular flexibility index (Phi) is 7.15. The molecule has 2 fully saturated rings. The van der Waals surface area contributed by atoms with Crippen molar-refractivity contribution in [3.63, 3.8) is 0 Å². The standard InChI is InChI=1S/C30H41NO8/c1-13(2)7-9-17(32)15-8-10-18(33)19-16(15)11-28(5)12-29(6)21(14(3)4)24(35)20(27(31)38)25(36)30(29,39)26(37)22(28)23(19)34/h8,10,13-14,20-22,24,26,33,35,37,39H,7,9,11-12H2,1-6H3,(H2,31,38)/t20-,21+,22-,24?,26?,28-,29-,30+/m1/s1. The Morgan fingerprint density at radius 3 is 2.26 bits per heavy atom. The second kappa shape index (κ2) is 9.49. The number of carbonyl (C=O) groups is 4. The number of benzene rings is 1. The minimum Gasteiger partial charge on any atom is -0.507 e. The van der Waals surface area contributed by atoms with Crippen molar-refractivity contribution in [2.24, 2.45) is 46.2 Å². The van der Waals surface area contributed by atoms with Gasteiger partial charge >= 0.3 is 0 Å². The number of nitrogens with two attached hydrogens (primary N) is 1. The molecule has 9 nitrogen and oxygen atoms in total. The van der Waals surface area contributed by atoms with E-state index < -0.39 is 63.9 Å². The molecule has 0 radical (unpaired) electrons. The molecule has 214 valence electrons. The Bertz CT molecular complexity index is 1240. The van der Waals surface area contributed by atoms with Gasteiger partial charge in [0, 0.05) is 17.4 Å². The number of Topliss-reactive ketones (excluding diaryl/α,β-unsaturated/α-hetero) is 3. The monoisotopic (exact) mass is 543 g/mol. The molecule has 0 bridgehead atoms. The Morgan fingerprint density at radius 2 is 1.72 bits per heavy atom. The van der Waals surface area contributed by atoms with Gasteiger partial charge in [0.15, 0.2) is 23.0 Å². The molecule has 1 aromatic rings. The summed E-state index contributed by atoms with van der Waals surface area (Å²) in [6.07, 6.45) is -2.33. The van der Waals surface area contributed by atoms with E-state index >= 15 is 0 Å². The van der Waals surface area contributed by atoms with Crippen LogP contribution >= 0.6 is 0 Å². The lowest BCUT2D eigenvalue weighted by atomic mass is 9.39. The van der Waals surface area contributed by atoms with Gasteiger partial charge in [0.2, 0.25) is 5.91 Å². The highest BCUT2D eigenvalue weighted by Gasteiger charge is 2.75. The molecule has 3 aliphatic rings. The molecule has 3 aliphatic carbocycles. The highest BCUT2D eigenvalue weighted by molar-refractivity contribution is 6.10. The summed E-state index contributed by atoms with van der Waals surface area (Å²) >= 11 is 0. The van der Waals surface area contributed by atoms with Gasteiger partial charge in [0.1, 0.15) is 17.8 Å². The first-order valence-electron chi connectivity index (χ1n) is 13.8. The number of hydrogen-bond donors (Lipinski definition) is 5. The molecule has 4 rings (SSSR count). The van der Waals surface area contributed by atoms with Crippen LogP contribution in [0.5, 0.6) is 5.75 Å². The van der Waals surface area contributed by atoms with E-state index in [-0.39, 0.29) is 42.3 Å². The molecule has 0 aliphatic heterocycles. The Labute approximate surface area is 228 Å². The first-order valence-corrected chi connectivity index (χ1v) is 13.8. The second-order valence-corrected chi connectivity index (χ2v) is 13.3. The van der Waals surface area contributed by atoms with Crippen LogP contribution in [0.15, 0.2) is 12.1 Å². The highest BCUT2D eigenvalue weighted by atomic mass is 16.4. The van der Waals surface area contributed by atoms with Gasteiger partial charge in [-0.3, -0.25) is 19.2 Å². The van der Waals surface area contributed by atoms with Crippen LogP contribution in [-0.2, 0) is 16.0 Å². The molecule has 0 saturated heterocycles. The zero-order valence-electron chi connectivity index (χ0n) is 23.5. The Morgan fingerprint density at radius 1 is 1.10 bits per heavy atom. The third kappa shape index (κ3) is 3.99. The van der Waals surface area contributed by atoms with Crippen molar-refractivity contribution in [3.8, 4) is 5.75 Å². The first kappa shape index (κ1) is 29.4. The van der Waals surface area contributed by atoms with Gasteiger partial charge in [-0.05, 0) is 60.1 Å². The number of aromatic hydroxyl groups is 1. The second-order valence-electron chi connectivity index (χ2n) is 13.3. The van der Waals surface area contributed by atoms with Gasteiger partial charge in [-0.15, -0.1) is 0 Å². The molecule has 0 aromatic heterocycles. The highest BCUT2D eigenvalue weighted by Crippen LogP contribution is 2.65. The normalized spacial score (nSPS) is 37.9. The average Bonchev–Trinajstić information content (AvgIpc) is 2.79. The van der Waals surface area contributed by atoms with Crippen LogP contribution in [0.1, 0.15) is 87.1 Å². The summed E-state index contributed by atoms with van der Waals surface area (Å²) in [4.78, 5) is 53.3. The van der Waals surface area contributed by atoms with Crippen molar-refractivity contribution in [3.05, 3.63) is 28.8 Å². The maximum Gasteiger partial charge on any atom is 0.230 e. The van der Waals surface area contributed by atoms with Crippen molar-refractivity contribution >= 4 is 23.3 Å². The van der Waals surface area contributed by atoms with E-state index in [1.807, 2.05) is 13.8 Å². The van der Waals surface area contributed by atoms with Crippen LogP contribution in [0, 0.1) is 40.4 Å². The number of phenols is 1. The van der Waals surface area contributed by atoms with Gasteiger partial charge in [-0.2, -0.15) is 0 Å². The largest absolute Gasteiger partial charge is 0.507 e. The van der Waals surface area contributed by atoms with Gasteiger partial charge in [-0.25, -0.2) is 0 Å². The lowest BCUT2D eigenvalue weighted by Gasteiger charge is -2.66. The van der Waals surface area contributed by atoms with E-state index in [0.717, 1.165) is 0 Å². The summed E-state index contributed by atoms with van der Waals surface area (Å²) in [6.45, 7) is 11.0. The van der Waals surface area contributed by atoms with Crippen LogP contribution in [-0.4, -0.2) is 61.5 Å². The Balaban J connectivity index is 1.91. The van der Waals surface area contributed by atoms with Crippen LogP contribution in [0.3, 0.4) is 0 Å². The SMILES string of the molecule is CC(C)CCC(=O)c1ccc(O)c2c1C[C@]1(C)C[C@]3(C)[C@@H](C(C)C)C(O)[C@@H](C(N)=O)C(=O)[C@]3(O)C(O)[C@H]1C2=O. The maximum absolute atomic E-state index is 14.1. The third-order valence-corrected chi connectivity index (χ3v) is 9.91. The number of primary amides is 1. The van der Waals surface area contributed by atoms with Crippen LogP contribution in [0.2, 0.25) is 0 Å². The van der Waals surface area contributed by atoms with E-state index in [9.17, 15) is 39.6 Å². The van der Waals surface area contributed by atoms with Gasteiger partial charge < -0.3 is 26.2 Å². The van der Waals surface area contributed by atoms with Gasteiger partial charge in [0.25, 0.3) is 0 Å². The lowest BCUT2D eigenvalue weighted by molar-refractivity contribution is -0.265. The summed E-state index contributed by atoms with van der Waals surface area (Å²) < 4.78 is 0. The fourth-order valence-corrected chi connectivity index (χ4v) is 8.35. The quantitative estimate of drug-likeness (QED) is 0.268. The van der Waals surface area contributed by atoms with E-state index in [1.165, 1.54) is 12.1 Å². The molecule has 2 unspecified atom stereocenters. The summed E-state index contributed by atoms with van der Waals surface area (Å²) in [5.74, 6) is -7.30. The summed E-state index contributed by atoms with van der Waals surface area (Å²) in [6, 6.07) is 2.81. The van der Waals surface area contributed by atoms with Gasteiger partial charge in [0.05, 0.1) is 17.6 Å². The minimum absolute atomic E-state index is 0.0375. The molecular formula is C30H41NO8. The molecule has 2 saturated carbocycles. The van der Waals surface area contributed by atoms with Crippen molar-refractivity contribution < 1.29 is 39.6 Å². The molecule has 0 heterocycles. The summed E-state index contributed by atoms with van der Waals surface area (Å²) in [5, 5.41) is 45.9. The number of fused-ring (bicyclic) bond motifs is 3. The molecular weight excluding hydrogens is 502 g/mol. The fourth-order valence-electron chi connectivity index (χ4n) is 8.35.